The Labute approximate surface area is 175 Å². The van der Waals surface area contributed by atoms with Gasteiger partial charge >= 0.3 is 0 Å². The predicted octanol–water partition coefficient (Wildman–Crippen LogP) is 6.61. The smallest absolute Gasteiger partial charge is 0.170 e. The highest BCUT2D eigenvalue weighted by molar-refractivity contribution is 6.30. The molecule has 3 fully saturated rings. The van der Waals surface area contributed by atoms with Gasteiger partial charge in [0.2, 0.25) is 0 Å². The van der Waals surface area contributed by atoms with Gasteiger partial charge in [-0.1, -0.05) is 36.7 Å². The Morgan fingerprint density at radius 2 is 1.62 bits per heavy atom. The van der Waals surface area contributed by atoms with E-state index in [9.17, 15) is 14.3 Å². The predicted molar refractivity (Wildman–Crippen MR) is 113 cm³/mol. The molecule has 0 aliphatic heterocycles. The summed E-state index contributed by atoms with van der Waals surface area (Å²) in [6.45, 7) is 2.05. The normalized spacial score (nSPS) is 28.2. The molecule has 0 spiro atoms. The number of rotatable bonds is 3. The summed E-state index contributed by atoms with van der Waals surface area (Å²) in [5.41, 5.74) is 3.87. The van der Waals surface area contributed by atoms with Crippen molar-refractivity contribution in [1.29, 1.82) is 0 Å². The first-order valence-electron chi connectivity index (χ1n) is 10.6. The van der Waals surface area contributed by atoms with E-state index in [0.29, 0.717) is 28.7 Å². The number of benzene rings is 2. The maximum Gasteiger partial charge on any atom is 0.170 e. The zero-order valence-corrected chi connectivity index (χ0v) is 17.2. The van der Waals surface area contributed by atoms with Crippen LogP contribution in [0.25, 0.3) is 16.7 Å². The van der Waals surface area contributed by atoms with E-state index in [0.717, 1.165) is 48.8 Å². The second-order valence-electron chi connectivity index (χ2n) is 8.71. The van der Waals surface area contributed by atoms with Gasteiger partial charge in [0, 0.05) is 11.8 Å². The van der Waals surface area contributed by atoms with Gasteiger partial charge in [0.05, 0.1) is 10.6 Å². The Balaban J connectivity index is 1.63. The monoisotopic (exact) mass is 410 g/mol. The van der Waals surface area contributed by atoms with E-state index in [4.69, 9.17) is 11.6 Å². The number of aliphatic hydroxyl groups excluding tert-OH is 1. The first-order chi connectivity index (χ1) is 14.0. The van der Waals surface area contributed by atoms with Gasteiger partial charge in [0.15, 0.2) is 5.78 Å². The third-order valence-corrected chi connectivity index (χ3v) is 7.66. The average Bonchev–Trinajstić information content (AvgIpc) is 3.03. The Hall–Kier alpha value is -2.13. The SMILES string of the molecule is CCc1ccc(-c2ccc(Cl)c(F)c2)cc1C1=C(O)[C@H]2C3CCC(CC3)[C@H]2C1=O. The number of Topliss-reactive ketones (excluding diaryl/α,β-unsaturated/α-hetero) is 1. The number of fused-ring (bicyclic) bond motifs is 2. The van der Waals surface area contributed by atoms with Gasteiger partial charge in [-0.25, -0.2) is 4.39 Å². The largest absolute Gasteiger partial charge is 0.511 e. The van der Waals surface area contributed by atoms with E-state index >= 15 is 0 Å². The van der Waals surface area contributed by atoms with Gasteiger partial charge in [-0.05, 0) is 84.4 Å². The van der Waals surface area contributed by atoms with Crippen LogP contribution in [0.1, 0.15) is 43.7 Å². The molecule has 3 saturated carbocycles. The van der Waals surface area contributed by atoms with E-state index < -0.39 is 5.82 Å². The number of carbonyl (C=O) groups excluding carboxylic acids is 1. The van der Waals surface area contributed by atoms with Crippen LogP contribution in [0, 0.1) is 29.5 Å². The first-order valence-corrected chi connectivity index (χ1v) is 10.9. The molecule has 150 valence electrons. The molecular formula is C25H24ClFO2. The Morgan fingerprint density at radius 1 is 1.00 bits per heavy atom. The molecule has 29 heavy (non-hydrogen) atoms. The molecule has 4 aliphatic carbocycles. The highest BCUT2D eigenvalue weighted by Gasteiger charge is 2.54. The molecule has 2 bridgehead atoms. The van der Waals surface area contributed by atoms with Crippen molar-refractivity contribution in [2.45, 2.75) is 39.0 Å². The number of aryl methyl sites for hydroxylation is 1. The minimum atomic E-state index is -0.466. The number of ketones is 1. The summed E-state index contributed by atoms with van der Waals surface area (Å²) in [7, 11) is 0. The summed E-state index contributed by atoms with van der Waals surface area (Å²) in [5, 5.41) is 11.3. The highest BCUT2D eigenvalue weighted by atomic mass is 35.5. The van der Waals surface area contributed by atoms with Crippen molar-refractivity contribution >= 4 is 23.0 Å². The number of carbonyl (C=O) groups is 1. The molecule has 2 atom stereocenters. The van der Waals surface area contributed by atoms with Crippen LogP contribution >= 0.6 is 11.6 Å². The summed E-state index contributed by atoms with van der Waals surface area (Å²) in [6, 6.07) is 10.6. The lowest BCUT2D eigenvalue weighted by atomic mass is 9.59. The number of hydrogen-bond donors (Lipinski definition) is 1. The fourth-order valence-corrected chi connectivity index (χ4v) is 6.04. The van der Waals surface area contributed by atoms with Crippen molar-refractivity contribution in [2.24, 2.45) is 23.7 Å². The molecule has 0 aromatic heterocycles. The van der Waals surface area contributed by atoms with Crippen LogP contribution in [-0.4, -0.2) is 10.9 Å². The zero-order chi connectivity index (χ0) is 20.3. The van der Waals surface area contributed by atoms with E-state index in [2.05, 4.69) is 0 Å². The molecule has 2 nitrogen and oxygen atoms in total. The molecule has 4 heteroatoms. The lowest BCUT2D eigenvalue weighted by Crippen LogP contribution is -2.41. The standard InChI is InChI=1S/C25H24ClFO2/c1-2-13-3-8-16(17-9-10-19(26)20(27)12-17)11-18(13)23-24(28)21-14-4-5-15(7-6-14)22(21)25(23)29/h3,8-12,14-15,21-22,28H,2,4-7H2,1H3/t14?,15?,21-,22+/m0/s1. The molecular weight excluding hydrogens is 387 g/mol. The second-order valence-corrected chi connectivity index (χ2v) is 9.11. The maximum atomic E-state index is 14.0. The van der Waals surface area contributed by atoms with Crippen molar-refractivity contribution in [3.63, 3.8) is 0 Å². The molecule has 2 aromatic carbocycles. The number of hydrogen-bond acceptors (Lipinski definition) is 2. The van der Waals surface area contributed by atoms with E-state index in [1.807, 2.05) is 25.1 Å². The fourth-order valence-electron chi connectivity index (χ4n) is 5.92. The van der Waals surface area contributed by atoms with Gasteiger partial charge in [0.1, 0.15) is 11.6 Å². The van der Waals surface area contributed by atoms with Crippen molar-refractivity contribution in [2.75, 3.05) is 0 Å². The maximum absolute atomic E-state index is 14.0. The van der Waals surface area contributed by atoms with Crippen LogP contribution in [0.3, 0.4) is 0 Å². The number of aliphatic hydroxyl groups is 1. The van der Waals surface area contributed by atoms with Gasteiger partial charge in [-0.3, -0.25) is 4.79 Å². The molecule has 4 aliphatic rings. The van der Waals surface area contributed by atoms with Crippen LogP contribution < -0.4 is 0 Å². The highest BCUT2D eigenvalue weighted by Crippen LogP contribution is 2.57. The lowest BCUT2D eigenvalue weighted by Gasteiger charge is -2.44. The van der Waals surface area contributed by atoms with Crippen molar-refractivity contribution in [1.82, 2.24) is 0 Å². The van der Waals surface area contributed by atoms with Crippen molar-refractivity contribution < 1.29 is 14.3 Å². The average molecular weight is 411 g/mol. The van der Waals surface area contributed by atoms with Gasteiger partial charge < -0.3 is 5.11 Å². The van der Waals surface area contributed by atoms with Crippen molar-refractivity contribution in [3.05, 3.63) is 64.1 Å². The van der Waals surface area contributed by atoms with E-state index in [1.165, 1.54) is 6.07 Å². The molecule has 6 rings (SSSR count). The summed E-state index contributed by atoms with van der Waals surface area (Å²) in [6.07, 6.45) is 5.19. The van der Waals surface area contributed by atoms with Gasteiger partial charge in [-0.15, -0.1) is 0 Å². The third kappa shape index (κ3) is 2.85. The number of allylic oxidation sites excluding steroid dienone is 2. The molecule has 0 amide bonds. The number of halogens is 2. The summed E-state index contributed by atoms with van der Waals surface area (Å²) in [5.74, 6) is 0.692. The minimum absolute atomic E-state index is 0.00802. The molecule has 0 saturated heterocycles. The molecule has 0 radical (unpaired) electrons. The van der Waals surface area contributed by atoms with Crippen LogP contribution in [0.4, 0.5) is 4.39 Å². The molecule has 1 N–H and O–H groups in total. The third-order valence-electron chi connectivity index (χ3n) is 7.35. The molecule has 0 heterocycles. The summed E-state index contributed by atoms with van der Waals surface area (Å²) in [4.78, 5) is 13.5. The van der Waals surface area contributed by atoms with Crippen LogP contribution in [0.2, 0.25) is 5.02 Å². The molecule has 2 aromatic rings. The zero-order valence-electron chi connectivity index (χ0n) is 16.4. The van der Waals surface area contributed by atoms with Crippen LogP contribution in [0.15, 0.2) is 42.2 Å². The first kappa shape index (κ1) is 18.9. The van der Waals surface area contributed by atoms with Crippen LogP contribution in [0.5, 0.6) is 0 Å². The van der Waals surface area contributed by atoms with E-state index in [-0.39, 0.29) is 22.6 Å². The summed E-state index contributed by atoms with van der Waals surface area (Å²) < 4.78 is 14.0. The summed E-state index contributed by atoms with van der Waals surface area (Å²) >= 11 is 5.83. The Morgan fingerprint density at radius 3 is 2.24 bits per heavy atom. The van der Waals surface area contributed by atoms with Gasteiger partial charge in [-0.2, -0.15) is 0 Å². The Bertz CT molecular complexity index is 1030. The minimum Gasteiger partial charge on any atom is -0.511 e. The lowest BCUT2D eigenvalue weighted by molar-refractivity contribution is -0.123. The second kappa shape index (κ2) is 6.98. The van der Waals surface area contributed by atoms with Crippen LogP contribution in [-0.2, 0) is 11.2 Å². The topological polar surface area (TPSA) is 37.3 Å². The van der Waals surface area contributed by atoms with Gasteiger partial charge in [0.25, 0.3) is 0 Å². The quantitative estimate of drug-likeness (QED) is 0.617. The molecule has 0 unspecified atom stereocenters. The Kier molecular flexibility index (Phi) is 4.54. The fraction of sp³-hybridized carbons (Fsp3) is 0.400. The van der Waals surface area contributed by atoms with E-state index in [1.54, 1.807) is 12.1 Å². The van der Waals surface area contributed by atoms with Crippen molar-refractivity contribution in [3.8, 4) is 11.1 Å².